The number of hydrogen-bond acceptors (Lipinski definition) is 0. The fraction of sp³-hybridized carbons (Fsp3) is 0.263. The number of benzene rings is 3. The van der Waals surface area contributed by atoms with Crippen LogP contribution in [-0.2, 0) is 0 Å². The quantitative estimate of drug-likeness (QED) is 0.409. The fourth-order valence-corrected chi connectivity index (χ4v) is 2.20. The summed E-state index contributed by atoms with van der Waals surface area (Å²) in [5.74, 6) is 0. The Hall–Kier alpha value is -1.82. The van der Waals surface area contributed by atoms with Gasteiger partial charge in [0.15, 0.2) is 0 Å². The standard InChI is InChI=1S/C15H12.2C2H6/c1-11-5-4-8-15-13(11)10-9-12-6-2-3-7-14(12)15;2*1-2/h2-10H,1H3;2*1-2H3. The molecule has 100 valence electrons. The zero-order valence-electron chi connectivity index (χ0n) is 12.7. The summed E-state index contributed by atoms with van der Waals surface area (Å²) in [4.78, 5) is 0. The lowest BCUT2D eigenvalue weighted by Gasteiger charge is -2.05. The van der Waals surface area contributed by atoms with E-state index < -0.39 is 0 Å². The van der Waals surface area contributed by atoms with E-state index in [0.717, 1.165) is 0 Å². The van der Waals surface area contributed by atoms with E-state index in [-0.39, 0.29) is 0 Å². The molecule has 0 saturated carbocycles. The Morgan fingerprint density at radius 3 is 1.89 bits per heavy atom. The first kappa shape index (κ1) is 15.2. The molecule has 0 nitrogen and oxygen atoms in total. The lowest BCUT2D eigenvalue weighted by atomic mass is 9.99. The second kappa shape index (κ2) is 7.58. The molecule has 0 heteroatoms. The molecule has 0 aliphatic rings. The maximum atomic E-state index is 2.22. The van der Waals surface area contributed by atoms with Crippen LogP contribution in [0.25, 0.3) is 21.5 Å². The van der Waals surface area contributed by atoms with Gasteiger partial charge in [0.1, 0.15) is 0 Å². The van der Waals surface area contributed by atoms with Crippen molar-refractivity contribution in [1.29, 1.82) is 0 Å². The molecule has 0 aliphatic carbocycles. The Kier molecular flexibility index (Phi) is 6.08. The first-order valence-electron chi connectivity index (χ1n) is 7.23. The third-order valence-electron chi connectivity index (χ3n) is 3.00. The Balaban J connectivity index is 0.000000415. The first-order valence-corrected chi connectivity index (χ1v) is 7.23. The average molecular weight is 252 g/mol. The molecule has 0 aliphatic heterocycles. The monoisotopic (exact) mass is 252 g/mol. The third-order valence-corrected chi connectivity index (χ3v) is 3.00. The molecule has 0 bridgehead atoms. The van der Waals surface area contributed by atoms with Crippen molar-refractivity contribution >= 4 is 21.5 Å². The van der Waals surface area contributed by atoms with Crippen LogP contribution in [0.5, 0.6) is 0 Å². The van der Waals surface area contributed by atoms with Gasteiger partial charge in [-0.1, -0.05) is 82.3 Å². The SMILES string of the molecule is CC.CC.Cc1cccc2c1ccc1ccccc12. The maximum absolute atomic E-state index is 2.22. The molecule has 0 heterocycles. The summed E-state index contributed by atoms with van der Waals surface area (Å²) in [5, 5.41) is 5.37. The van der Waals surface area contributed by atoms with Gasteiger partial charge in [-0.15, -0.1) is 0 Å². The van der Waals surface area contributed by atoms with Crippen LogP contribution in [0.4, 0.5) is 0 Å². The molecular formula is C19H24. The van der Waals surface area contributed by atoms with Gasteiger partial charge >= 0.3 is 0 Å². The minimum Gasteiger partial charge on any atom is -0.0683 e. The van der Waals surface area contributed by atoms with Crippen LogP contribution in [0.2, 0.25) is 0 Å². The van der Waals surface area contributed by atoms with Gasteiger partial charge in [-0.25, -0.2) is 0 Å². The highest BCUT2D eigenvalue weighted by atomic mass is 14.0. The minimum atomic E-state index is 1.32. The molecule has 3 aromatic carbocycles. The molecule has 0 atom stereocenters. The topological polar surface area (TPSA) is 0 Å². The number of aryl methyl sites for hydroxylation is 1. The van der Waals surface area contributed by atoms with E-state index in [1.807, 2.05) is 27.7 Å². The van der Waals surface area contributed by atoms with Crippen molar-refractivity contribution in [2.45, 2.75) is 34.6 Å². The number of fused-ring (bicyclic) bond motifs is 3. The normalized spacial score (nSPS) is 9.32. The van der Waals surface area contributed by atoms with Gasteiger partial charge in [-0.3, -0.25) is 0 Å². The van der Waals surface area contributed by atoms with Crippen LogP contribution >= 0.6 is 0 Å². The maximum Gasteiger partial charge on any atom is -0.0103 e. The predicted molar refractivity (Wildman–Crippen MR) is 88.9 cm³/mol. The van der Waals surface area contributed by atoms with E-state index in [1.165, 1.54) is 27.1 Å². The molecular weight excluding hydrogens is 228 g/mol. The Bertz CT molecular complexity index is 636. The van der Waals surface area contributed by atoms with Crippen LogP contribution in [0, 0.1) is 6.92 Å². The van der Waals surface area contributed by atoms with Crippen molar-refractivity contribution in [1.82, 2.24) is 0 Å². The molecule has 0 radical (unpaired) electrons. The molecule has 0 saturated heterocycles. The van der Waals surface area contributed by atoms with Crippen molar-refractivity contribution in [3.05, 3.63) is 60.2 Å². The highest BCUT2D eigenvalue weighted by Gasteiger charge is 2.00. The van der Waals surface area contributed by atoms with Gasteiger partial charge in [0, 0.05) is 0 Å². The van der Waals surface area contributed by atoms with Crippen LogP contribution < -0.4 is 0 Å². The molecule has 3 aromatic rings. The van der Waals surface area contributed by atoms with Crippen molar-refractivity contribution in [2.24, 2.45) is 0 Å². The minimum absolute atomic E-state index is 1.32. The van der Waals surface area contributed by atoms with Gasteiger partial charge < -0.3 is 0 Å². The zero-order chi connectivity index (χ0) is 14.3. The first-order chi connectivity index (χ1) is 9.36. The van der Waals surface area contributed by atoms with Gasteiger partial charge in [-0.2, -0.15) is 0 Å². The molecule has 3 rings (SSSR count). The fourth-order valence-electron chi connectivity index (χ4n) is 2.20. The van der Waals surface area contributed by atoms with E-state index in [1.54, 1.807) is 0 Å². The van der Waals surface area contributed by atoms with Crippen LogP contribution in [0.3, 0.4) is 0 Å². The van der Waals surface area contributed by atoms with E-state index in [9.17, 15) is 0 Å². The average Bonchev–Trinajstić information content (AvgIpc) is 2.51. The van der Waals surface area contributed by atoms with E-state index in [2.05, 4.69) is 61.5 Å². The van der Waals surface area contributed by atoms with Gasteiger partial charge in [0.05, 0.1) is 0 Å². The van der Waals surface area contributed by atoms with Crippen LogP contribution in [0.1, 0.15) is 33.3 Å². The summed E-state index contributed by atoms with van der Waals surface area (Å²) in [5.41, 5.74) is 1.35. The number of hydrogen-bond donors (Lipinski definition) is 0. The number of rotatable bonds is 0. The Labute approximate surface area is 117 Å². The summed E-state index contributed by atoms with van der Waals surface area (Å²) in [6.07, 6.45) is 0. The second-order valence-corrected chi connectivity index (χ2v) is 3.96. The lowest BCUT2D eigenvalue weighted by molar-refractivity contribution is 1.50. The van der Waals surface area contributed by atoms with E-state index in [0.29, 0.717) is 0 Å². The zero-order valence-corrected chi connectivity index (χ0v) is 12.7. The third kappa shape index (κ3) is 3.14. The predicted octanol–water partition coefficient (Wildman–Crippen LogP) is 6.35. The van der Waals surface area contributed by atoms with Crippen molar-refractivity contribution in [3.63, 3.8) is 0 Å². The summed E-state index contributed by atoms with van der Waals surface area (Å²) >= 11 is 0. The summed E-state index contributed by atoms with van der Waals surface area (Å²) in [6.45, 7) is 10.2. The van der Waals surface area contributed by atoms with E-state index >= 15 is 0 Å². The summed E-state index contributed by atoms with van der Waals surface area (Å²) < 4.78 is 0. The Morgan fingerprint density at radius 1 is 0.526 bits per heavy atom. The Morgan fingerprint density at radius 2 is 1.16 bits per heavy atom. The van der Waals surface area contributed by atoms with Crippen molar-refractivity contribution in [2.75, 3.05) is 0 Å². The van der Waals surface area contributed by atoms with Crippen molar-refractivity contribution in [3.8, 4) is 0 Å². The molecule has 0 aromatic heterocycles. The lowest BCUT2D eigenvalue weighted by Crippen LogP contribution is -1.80. The second-order valence-electron chi connectivity index (χ2n) is 3.96. The van der Waals surface area contributed by atoms with Crippen molar-refractivity contribution < 1.29 is 0 Å². The van der Waals surface area contributed by atoms with Crippen LogP contribution in [-0.4, -0.2) is 0 Å². The van der Waals surface area contributed by atoms with Gasteiger partial charge in [0.2, 0.25) is 0 Å². The molecule has 19 heavy (non-hydrogen) atoms. The molecule has 0 N–H and O–H groups in total. The smallest absolute Gasteiger partial charge is 0.0103 e. The largest absolute Gasteiger partial charge is 0.0683 e. The molecule has 0 unspecified atom stereocenters. The van der Waals surface area contributed by atoms with Gasteiger partial charge in [-0.05, 0) is 34.0 Å². The van der Waals surface area contributed by atoms with E-state index in [4.69, 9.17) is 0 Å². The highest BCUT2D eigenvalue weighted by molar-refractivity contribution is 6.08. The molecule has 0 fully saturated rings. The molecule has 0 amide bonds. The summed E-state index contributed by atoms with van der Waals surface area (Å²) in [7, 11) is 0. The molecule has 0 spiro atoms. The van der Waals surface area contributed by atoms with Crippen LogP contribution in [0.15, 0.2) is 54.6 Å². The summed E-state index contributed by atoms with van der Waals surface area (Å²) in [6, 6.07) is 19.5. The highest BCUT2D eigenvalue weighted by Crippen LogP contribution is 2.26. The van der Waals surface area contributed by atoms with Gasteiger partial charge in [0.25, 0.3) is 0 Å².